The number of benzene rings is 2. The summed E-state index contributed by atoms with van der Waals surface area (Å²) in [4.78, 5) is -0.157. The summed E-state index contributed by atoms with van der Waals surface area (Å²) in [5.41, 5.74) is -0.0844. The van der Waals surface area contributed by atoms with E-state index >= 15 is 0 Å². The molecule has 0 aliphatic carbocycles. The summed E-state index contributed by atoms with van der Waals surface area (Å²) in [6.45, 7) is -0.414. The van der Waals surface area contributed by atoms with E-state index in [1.54, 1.807) is 0 Å². The zero-order valence-corrected chi connectivity index (χ0v) is 12.8. The van der Waals surface area contributed by atoms with Gasteiger partial charge >= 0.3 is 0 Å². The number of para-hydroxylation sites is 1. The number of hydrogen-bond donors (Lipinski definition) is 2. The van der Waals surface area contributed by atoms with E-state index in [2.05, 4.69) is 4.72 Å². The molecule has 0 aliphatic heterocycles. The van der Waals surface area contributed by atoms with E-state index < -0.39 is 22.4 Å². The van der Waals surface area contributed by atoms with Gasteiger partial charge in [0.05, 0.1) is 16.5 Å². The monoisotopic (exact) mass is 349 g/mol. The summed E-state index contributed by atoms with van der Waals surface area (Å²) < 4.78 is 40.2. The molecule has 8 heteroatoms. The number of aliphatic hydroxyl groups is 1. The summed E-state index contributed by atoms with van der Waals surface area (Å²) in [6, 6.07) is 7.61. The lowest BCUT2D eigenvalue weighted by atomic mass is 10.2. The van der Waals surface area contributed by atoms with Crippen LogP contribution in [0, 0.1) is 5.82 Å². The van der Waals surface area contributed by atoms with Gasteiger partial charge in [0, 0.05) is 5.02 Å². The van der Waals surface area contributed by atoms with E-state index in [0.29, 0.717) is 0 Å². The van der Waals surface area contributed by atoms with Crippen LogP contribution < -0.4 is 4.72 Å². The molecule has 0 saturated carbocycles. The first kappa shape index (κ1) is 16.0. The molecule has 0 saturated heterocycles. The number of rotatable bonds is 4. The molecule has 0 fully saturated rings. The van der Waals surface area contributed by atoms with Crippen molar-refractivity contribution in [1.82, 2.24) is 0 Å². The number of aliphatic hydroxyl groups excluding tert-OH is 1. The molecule has 0 radical (unpaired) electrons. The Kier molecular flexibility index (Phi) is 4.73. The van der Waals surface area contributed by atoms with Crippen LogP contribution in [-0.2, 0) is 16.6 Å². The molecule has 2 rings (SSSR count). The van der Waals surface area contributed by atoms with Crippen LogP contribution in [0.25, 0.3) is 0 Å². The van der Waals surface area contributed by atoms with Crippen molar-refractivity contribution in [1.29, 1.82) is 0 Å². The molecule has 0 heterocycles. The molecular formula is C13H10Cl2FNO3S. The van der Waals surface area contributed by atoms with Gasteiger partial charge in [0.2, 0.25) is 0 Å². The predicted molar refractivity (Wildman–Crippen MR) is 79.6 cm³/mol. The van der Waals surface area contributed by atoms with Crippen molar-refractivity contribution in [2.24, 2.45) is 0 Å². The third-order valence-electron chi connectivity index (χ3n) is 2.70. The highest BCUT2D eigenvalue weighted by Crippen LogP contribution is 2.28. The number of hydrogen-bond acceptors (Lipinski definition) is 3. The maximum atomic E-state index is 13.6. The van der Waals surface area contributed by atoms with E-state index in [1.807, 2.05) is 0 Å². The van der Waals surface area contributed by atoms with Gasteiger partial charge in [0.1, 0.15) is 11.5 Å². The van der Waals surface area contributed by atoms with Gasteiger partial charge in [0.15, 0.2) is 0 Å². The molecule has 4 nitrogen and oxygen atoms in total. The van der Waals surface area contributed by atoms with E-state index in [-0.39, 0.29) is 26.2 Å². The lowest BCUT2D eigenvalue weighted by molar-refractivity contribution is 0.281. The molecule has 2 aromatic rings. The van der Waals surface area contributed by atoms with E-state index in [9.17, 15) is 12.8 Å². The topological polar surface area (TPSA) is 66.4 Å². The number of sulfonamides is 1. The van der Waals surface area contributed by atoms with Gasteiger partial charge in [-0.15, -0.1) is 0 Å². The second kappa shape index (κ2) is 6.19. The summed E-state index contributed by atoms with van der Waals surface area (Å²) >= 11 is 11.6. The Morgan fingerprint density at radius 2 is 1.86 bits per heavy atom. The SMILES string of the molecule is O=S(=O)(Nc1c(F)cccc1Cl)c1ccc(Cl)c(CO)c1. The number of halogens is 3. The van der Waals surface area contributed by atoms with Crippen LogP contribution in [0.2, 0.25) is 10.0 Å². The Labute approximate surface area is 131 Å². The van der Waals surface area contributed by atoms with Crippen molar-refractivity contribution < 1.29 is 17.9 Å². The van der Waals surface area contributed by atoms with Gasteiger partial charge in [-0.3, -0.25) is 4.72 Å². The second-order valence-corrected chi connectivity index (χ2v) is 6.61. The van der Waals surface area contributed by atoms with Crippen molar-refractivity contribution in [3.63, 3.8) is 0 Å². The molecule has 2 N–H and O–H groups in total. The molecule has 0 unspecified atom stereocenters. The molecule has 21 heavy (non-hydrogen) atoms. The quantitative estimate of drug-likeness (QED) is 0.888. The fourth-order valence-electron chi connectivity index (χ4n) is 1.63. The molecule has 2 aromatic carbocycles. The minimum absolute atomic E-state index is 0.0603. The van der Waals surface area contributed by atoms with Crippen LogP contribution in [-0.4, -0.2) is 13.5 Å². The Morgan fingerprint density at radius 1 is 1.14 bits per heavy atom. The lowest BCUT2D eigenvalue weighted by Crippen LogP contribution is -2.14. The van der Waals surface area contributed by atoms with Crippen LogP contribution in [0.5, 0.6) is 0 Å². The molecule has 112 valence electrons. The van der Waals surface area contributed by atoms with Gasteiger partial charge < -0.3 is 5.11 Å². The maximum Gasteiger partial charge on any atom is 0.262 e. The largest absolute Gasteiger partial charge is 0.392 e. The molecular weight excluding hydrogens is 340 g/mol. The van der Waals surface area contributed by atoms with Crippen LogP contribution in [0.3, 0.4) is 0 Å². The maximum absolute atomic E-state index is 13.6. The smallest absolute Gasteiger partial charge is 0.262 e. The minimum Gasteiger partial charge on any atom is -0.392 e. The zero-order chi connectivity index (χ0) is 15.6. The molecule has 0 bridgehead atoms. The highest BCUT2D eigenvalue weighted by Gasteiger charge is 2.19. The van der Waals surface area contributed by atoms with Crippen molar-refractivity contribution in [3.05, 3.63) is 57.8 Å². The van der Waals surface area contributed by atoms with Crippen LogP contribution >= 0.6 is 23.2 Å². The molecule has 0 amide bonds. The average Bonchev–Trinajstić information content (AvgIpc) is 2.43. The highest BCUT2D eigenvalue weighted by atomic mass is 35.5. The Hall–Kier alpha value is -1.34. The number of anilines is 1. The Morgan fingerprint density at radius 3 is 2.48 bits per heavy atom. The average molecular weight is 350 g/mol. The summed E-state index contributed by atoms with van der Waals surface area (Å²) in [6.07, 6.45) is 0. The van der Waals surface area contributed by atoms with E-state index in [0.717, 1.165) is 6.07 Å². The Bertz CT molecular complexity index is 761. The first-order valence-electron chi connectivity index (χ1n) is 5.71. The standard InChI is InChI=1S/C13H10Cl2FNO3S/c14-10-5-4-9(6-8(10)7-18)21(19,20)17-13-11(15)2-1-3-12(13)16/h1-6,17-18H,7H2. The highest BCUT2D eigenvalue weighted by molar-refractivity contribution is 7.92. The van der Waals surface area contributed by atoms with Crippen LogP contribution in [0.1, 0.15) is 5.56 Å². The van der Waals surface area contributed by atoms with Crippen LogP contribution in [0.15, 0.2) is 41.3 Å². The van der Waals surface area contributed by atoms with Gasteiger partial charge in [0.25, 0.3) is 10.0 Å². The first-order valence-corrected chi connectivity index (χ1v) is 7.95. The van der Waals surface area contributed by atoms with Gasteiger partial charge in [-0.2, -0.15) is 0 Å². The normalized spacial score (nSPS) is 11.4. The van der Waals surface area contributed by atoms with Crippen LogP contribution in [0.4, 0.5) is 10.1 Å². The fourth-order valence-corrected chi connectivity index (χ4v) is 3.21. The first-order chi connectivity index (χ1) is 9.85. The molecule has 0 spiro atoms. The summed E-state index contributed by atoms with van der Waals surface area (Å²) in [7, 11) is -4.05. The molecule has 0 aromatic heterocycles. The summed E-state index contributed by atoms with van der Waals surface area (Å²) in [5, 5.41) is 9.28. The predicted octanol–water partition coefficient (Wildman–Crippen LogP) is 3.43. The molecule has 0 atom stereocenters. The van der Waals surface area contributed by atoms with Crippen molar-refractivity contribution in [2.45, 2.75) is 11.5 Å². The van der Waals surface area contributed by atoms with Crippen molar-refractivity contribution >= 4 is 38.9 Å². The third-order valence-corrected chi connectivity index (χ3v) is 4.73. The lowest BCUT2D eigenvalue weighted by Gasteiger charge is -2.11. The van der Waals surface area contributed by atoms with Gasteiger partial charge in [-0.05, 0) is 35.9 Å². The fraction of sp³-hybridized carbons (Fsp3) is 0.0769. The summed E-state index contributed by atoms with van der Waals surface area (Å²) in [5.74, 6) is -0.789. The third kappa shape index (κ3) is 3.47. The second-order valence-electron chi connectivity index (χ2n) is 4.11. The van der Waals surface area contributed by atoms with E-state index in [1.165, 1.54) is 30.3 Å². The van der Waals surface area contributed by atoms with Crippen molar-refractivity contribution in [2.75, 3.05) is 4.72 Å². The minimum atomic E-state index is -4.05. The van der Waals surface area contributed by atoms with Crippen molar-refractivity contribution in [3.8, 4) is 0 Å². The molecule has 0 aliphatic rings. The number of nitrogens with one attached hydrogen (secondary N) is 1. The van der Waals surface area contributed by atoms with Gasteiger partial charge in [-0.25, -0.2) is 12.8 Å². The Balaban J connectivity index is 2.44. The van der Waals surface area contributed by atoms with Gasteiger partial charge in [-0.1, -0.05) is 29.3 Å². The zero-order valence-electron chi connectivity index (χ0n) is 10.5. The van der Waals surface area contributed by atoms with E-state index in [4.69, 9.17) is 28.3 Å².